The number of phenols is 2. The third kappa shape index (κ3) is 11.8. The number of fused-ring (bicyclic) bond motifs is 5. The Morgan fingerprint density at radius 3 is 2.38 bits per heavy atom. The smallest absolute Gasteiger partial charge is 0.224 e. The molecular weight excluding hydrogens is 1020 g/mol. The van der Waals surface area contributed by atoms with E-state index in [2.05, 4.69) is 29.4 Å². The van der Waals surface area contributed by atoms with Crippen LogP contribution in [0.25, 0.3) is 0 Å². The molecule has 0 aromatic heterocycles. The molecule has 1 amide bonds. The van der Waals surface area contributed by atoms with Crippen LogP contribution in [0.15, 0.2) is 24.3 Å². The molecule has 3 saturated carbocycles. The van der Waals surface area contributed by atoms with Gasteiger partial charge < -0.3 is 65.3 Å². The normalized spacial score (nSPS) is 37.9. The van der Waals surface area contributed by atoms with E-state index in [1.165, 1.54) is 35.8 Å². The molecule has 4 aliphatic heterocycles. The average Bonchev–Trinajstić information content (AvgIpc) is 3.79. The number of benzene rings is 2. The molecule has 2 spiro atoms. The van der Waals surface area contributed by atoms with Crippen molar-refractivity contribution >= 4 is 49.1 Å². The minimum absolute atomic E-state index is 0.0334. The number of aliphatic hydroxyl groups is 5. The third-order valence-electron chi connectivity index (χ3n) is 18.5. The summed E-state index contributed by atoms with van der Waals surface area (Å²) in [6.07, 6.45) is 7.47. The highest BCUT2D eigenvalue weighted by atomic mass is 33.1. The van der Waals surface area contributed by atoms with Gasteiger partial charge in [0.1, 0.15) is 6.79 Å². The number of hydrogen-bond donors (Lipinski definition) is 9. The lowest BCUT2D eigenvalue weighted by molar-refractivity contribution is -0.166. The molecule has 7 aliphatic rings. The Balaban J connectivity index is 1.02. The number of carbonyl (C=O) groups is 1. The third-order valence-corrected chi connectivity index (χ3v) is 23.8. The van der Waals surface area contributed by atoms with E-state index in [1.54, 1.807) is 29.0 Å². The van der Waals surface area contributed by atoms with Crippen molar-refractivity contribution in [1.29, 1.82) is 0 Å². The van der Waals surface area contributed by atoms with Gasteiger partial charge in [-0.05, 0) is 154 Å². The van der Waals surface area contributed by atoms with Gasteiger partial charge in [0.25, 0.3) is 0 Å². The summed E-state index contributed by atoms with van der Waals surface area (Å²) in [5.41, 5.74) is 2.00. The quantitative estimate of drug-likeness (QED) is 0.0643. The summed E-state index contributed by atoms with van der Waals surface area (Å²) in [6.45, 7) is 3.10. The first kappa shape index (κ1) is 56.3. The van der Waals surface area contributed by atoms with Gasteiger partial charge in [0.05, 0.1) is 50.7 Å². The van der Waals surface area contributed by atoms with Crippen LogP contribution in [0.5, 0.6) is 28.7 Å². The molecule has 3 bridgehead atoms. The van der Waals surface area contributed by atoms with Gasteiger partial charge in [0, 0.05) is 71.9 Å². The zero-order valence-corrected chi connectivity index (χ0v) is 46.5. The average molecular weight is 1100 g/mol. The fourth-order valence-corrected chi connectivity index (χ4v) is 20.5. The van der Waals surface area contributed by atoms with E-state index in [0.717, 1.165) is 81.2 Å². The van der Waals surface area contributed by atoms with Crippen LogP contribution in [0, 0.1) is 64.1 Å². The Morgan fingerprint density at radius 2 is 1.61 bits per heavy atom. The van der Waals surface area contributed by atoms with E-state index >= 15 is 0 Å². The number of phenolic OH excluding ortho intramolecular Hbond substituents is 2. The Kier molecular flexibility index (Phi) is 19.1. The molecule has 2 aromatic rings. The van der Waals surface area contributed by atoms with Crippen LogP contribution in [-0.2, 0) is 22.4 Å². The zero-order chi connectivity index (χ0) is 52.1. The van der Waals surface area contributed by atoms with Crippen molar-refractivity contribution in [2.75, 3.05) is 58.0 Å². The molecule has 16 unspecified atom stereocenters. The molecule has 2 aromatic carbocycles. The number of aliphatic hydroxyl groups excluding tert-OH is 5. The maximum absolute atomic E-state index is 13.2. The van der Waals surface area contributed by atoms with Crippen LogP contribution in [0.2, 0.25) is 0 Å². The first-order valence-electron chi connectivity index (χ1n) is 27.2. The minimum Gasteiger partial charge on any atom is -0.504 e. The van der Waals surface area contributed by atoms with Crippen LogP contribution in [0.4, 0.5) is 0 Å². The van der Waals surface area contributed by atoms with Crippen molar-refractivity contribution in [2.45, 2.75) is 145 Å². The van der Waals surface area contributed by atoms with E-state index in [-0.39, 0.29) is 94.2 Å². The summed E-state index contributed by atoms with van der Waals surface area (Å²) < 4.78 is 23.9. The SMILES string of the molecule is COc1cc(CC2C(O)CSSC(CCO)c3cc(O)c(OC4CCC5C6CSSCC7C(=O)NCC7C(O)CC7CCC5(C4)C4(C#CCCN6)CC(C)CCC74)cc3CCC(OCO)CC2O)cc(OC)c1O. The molecule has 410 valence electrons. The minimum atomic E-state index is -1.04. The number of nitrogens with one attached hydrogen (secondary N) is 2. The highest BCUT2D eigenvalue weighted by Gasteiger charge is 2.66. The van der Waals surface area contributed by atoms with Crippen molar-refractivity contribution < 1.29 is 59.5 Å². The second-order valence-electron chi connectivity index (χ2n) is 22.5. The summed E-state index contributed by atoms with van der Waals surface area (Å²) in [6, 6.07) is 7.34. The van der Waals surface area contributed by atoms with Gasteiger partial charge in [0.15, 0.2) is 23.0 Å². The van der Waals surface area contributed by atoms with Crippen LogP contribution >= 0.6 is 43.2 Å². The van der Waals surface area contributed by atoms with Gasteiger partial charge >= 0.3 is 0 Å². The van der Waals surface area contributed by atoms with Crippen molar-refractivity contribution in [2.24, 2.45) is 52.3 Å². The predicted octanol–water partition coefficient (Wildman–Crippen LogP) is 7.41. The Bertz CT molecular complexity index is 2280. The molecule has 3 aliphatic carbocycles. The topological polar surface area (TPSA) is 220 Å². The summed E-state index contributed by atoms with van der Waals surface area (Å²) in [5.74, 6) is 11.0. The van der Waals surface area contributed by atoms with Gasteiger partial charge in [-0.15, -0.1) is 5.92 Å². The van der Waals surface area contributed by atoms with Crippen LogP contribution in [0.3, 0.4) is 0 Å². The lowest BCUT2D eigenvalue weighted by atomic mass is 9.38. The molecule has 14 nitrogen and oxygen atoms in total. The van der Waals surface area contributed by atoms with Crippen LogP contribution < -0.4 is 24.8 Å². The van der Waals surface area contributed by atoms with E-state index in [0.29, 0.717) is 73.0 Å². The van der Waals surface area contributed by atoms with Crippen molar-refractivity contribution in [3.8, 4) is 40.6 Å². The van der Waals surface area contributed by atoms with Gasteiger partial charge in [-0.1, -0.05) is 62.4 Å². The van der Waals surface area contributed by atoms with Gasteiger partial charge in [0.2, 0.25) is 11.7 Å². The molecular formula is C56H80N2O12S4. The molecule has 0 radical (unpaired) electrons. The molecule has 2 saturated heterocycles. The first-order chi connectivity index (χ1) is 35.8. The van der Waals surface area contributed by atoms with E-state index < -0.39 is 37.1 Å². The van der Waals surface area contributed by atoms with E-state index in [4.69, 9.17) is 18.9 Å². The van der Waals surface area contributed by atoms with Crippen molar-refractivity contribution in [3.05, 3.63) is 41.0 Å². The number of aryl methyl sites for hydroxylation is 1. The molecule has 4 heterocycles. The maximum Gasteiger partial charge on any atom is 0.224 e. The molecule has 9 rings (SSSR count). The molecule has 16 atom stereocenters. The summed E-state index contributed by atoms with van der Waals surface area (Å²) in [5, 5.41) is 86.0. The molecule has 9 N–H and O–H groups in total. The molecule has 5 fully saturated rings. The Labute approximate surface area is 453 Å². The molecule has 18 heteroatoms. The van der Waals surface area contributed by atoms with Crippen LogP contribution in [-0.4, -0.2) is 136 Å². The number of methoxy groups -OCH3 is 2. The number of ether oxygens (including phenoxy) is 4. The fraction of sp³-hybridized carbons (Fsp3) is 0.732. The van der Waals surface area contributed by atoms with Crippen molar-refractivity contribution in [3.63, 3.8) is 0 Å². The zero-order valence-electron chi connectivity index (χ0n) is 43.3. The number of amides is 1. The highest BCUT2D eigenvalue weighted by Crippen LogP contribution is 2.70. The standard InChI is InChI=1S/C56H80N2O12S4/c1-32-6-10-42-35-12-15-56-26-37(9-11-43(56)44(57-16-5-4-14-55(42,56)25-32)29-72-71-28-41-40(45(61)21-35)27-58-54(41)66)70-49-22-34-7-8-36(69-31-60)23-46(62)39(18-33-19-50(67-2)53(65)51(20-33)68-3)48(64)30-73-74-52(13-17-59)38(34)24-47(49)63/h19-20,22,24,32,35-37,39-46,48,52,57,59-65H,5-13,15-18,21,23,25-31H2,1-3H3,(H,58,66). The van der Waals surface area contributed by atoms with Gasteiger partial charge in [-0.2, -0.15) is 0 Å². The maximum atomic E-state index is 13.2. The summed E-state index contributed by atoms with van der Waals surface area (Å²) >= 11 is 0. The largest absolute Gasteiger partial charge is 0.504 e. The Hall–Kier alpha value is -2.41. The number of aromatic hydroxyl groups is 2. The second-order valence-corrected chi connectivity index (χ2v) is 27.7. The number of hydrogen-bond acceptors (Lipinski definition) is 17. The molecule has 74 heavy (non-hydrogen) atoms. The first-order valence-corrected chi connectivity index (χ1v) is 32.1. The van der Waals surface area contributed by atoms with Gasteiger partial charge in [-0.3, -0.25) is 4.79 Å². The second kappa shape index (κ2) is 25.1. The summed E-state index contributed by atoms with van der Waals surface area (Å²) in [7, 11) is 9.50. The summed E-state index contributed by atoms with van der Waals surface area (Å²) in [4.78, 5) is 13.2. The monoisotopic (exact) mass is 1100 g/mol. The number of rotatable bonds is 10. The van der Waals surface area contributed by atoms with Crippen molar-refractivity contribution in [1.82, 2.24) is 10.6 Å². The Morgan fingerprint density at radius 1 is 0.824 bits per heavy atom. The highest BCUT2D eigenvalue weighted by molar-refractivity contribution is 8.77. The fourth-order valence-electron chi connectivity index (χ4n) is 14.9. The lowest BCUT2D eigenvalue weighted by Gasteiger charge is -2.66. The predicted molar refractivity (Wildman–Crippen MR) is 293 cm³/mol. The van der Waals surface area contributed by atoms with Gasteiger partial charge in [-0.25, -0.2) is 0 Å². The van der Waals surface area contributed by atoms with E-state index in [9.17, 15) is 40.5 Å². The number of carbonyl (C=O) groups excluding carboxylic acids is 1. The van der Waals surface area contributed by atoms with Crippen LogP contribution in [0.1, 0.15) is 112 Å². The lowest BCUT2D eigenvalue weighted by Crippen LogP contribution is -2.64. The van der Waals surface area contributed by atoms with E-state index in [1.807, 2.05) is 16.9 Å².